The summed E-state index contributed by atoms with van der Waals surface area (Å²) in [5.74, 6) is 7.15. The van der Waals surface area contributed by atoms with Crippen LogP contribution < -0.4 is 0 Å². The molecule has 0 atom stereocenters. The predicted molar refractivity (Wildman–Crippen MR) is 133 cm³/mol. The van der Waals surface area contributed by atoms with E-state index in [-0.39, 0.29) is 16.4 Å². The van der Waals surface area contributed by atoms with Crippen molar-refractivity contribution in [1.29, 1.82) is 0 Å². The maximum atomic E-state index is 12.0. The Labute approximate surface area is 195 Å². The summed E-state index contributed by atoms with van der Waals surface area (Å²) >= 11 is 0. The monoisotopic (exact) mass is 453 g/mol. The van der Waals surface area contributed by atoms with Crippen LogP contribution in [0, 0.1) is 11.8 Å². The fraction of sp³-hybridized carbons (Fsp3) is 0.630. The third-order valence-corrected chi connectivity index (χ3v) is 11.7. The van der Waals surface area contributed by atoms with Gasteiger partial charge in [0.1, 0.15) is 17.9 Å². The van der Waals surface area contributed by atoms with E-state index in [1.807, 2.05) is 24.3 Å². The summed E-state index contributed by atoms with van der Waals surface area (Å²) in [4.78, 5) is 17.5. The van der Waals surface area contributed by atoms with E-state index in [4.69, 9.17) is 9.26 Å². The van der Waals surface area contributed by atoms with Crippen molar-refractivity contribution in [2.45, 2.75) is 109 Å². The Morgan fingerprint density at radius 3 is 2.41 bits per heavy atom. The standard InChI is InChI=1S/C27H39NO3Si/c1-26(2,3)32(4,5)31-27(18-11-6-12-19-27)20-17-22-13-7-8-14-23(22)21-30-28-24-15-9-10-16-25(24)29/h7-8,13-14H,6,9-12,15-16,18-19,21H2,1-5H3/b28-24+. The number of benzene rings is 1. The number of carbonyl (C=O) groups is 1. The van der Waals surface area contributed by atoms with E-state index in [0.29, 0.717) is 25.2 Å². The van der Waals surface area contributed by atoms with Gasteiger partial charge in [0.2, 0.25) is 0 Å². The van der Waals surface area contributed by atoms with E-state index >= 15 is 0 Å². The normalized spacial score (nSPS) is 20.5. The number of Topliss-reactive ketones (excluding diaryl/α,β-unsaturated/α-hetero) is 1. The Bertz CT molecular complexity index is 895. The number of rotatable bonds is 5. The van der Waals surface area contributed by atoms with Crippen molar-refractivity contribution in [1.82, 2.24) is 0 Å². The predicted octanol–water partition coefficient (Wildman–Crippen LogP) is 6.78. The van der Waals surface area contributed by atoms with Crippen LogP contribution in [0.25, 0.3) is 0 Å². The number of nitrogens with zero attached hydrogens (tertiary/aromatic N) is 1. The molecule has 4 nitrogen and oxygen atoms in total. The number of carbonyl (C=O) groups excluding carboxylic acids is 1. The van der Waals surface area contributed by atoms with Crippen molar-refractivity contribution in [3.8, 4) is 11.8 Å². The summed E-state index contributed by atoms with van der Waals surface area (Å²) < 4.78 is 6.94. The third kappa shape index (κ3) is 6.33. The zero-order valence-corrected chi connectivity index (χ0v) is 21.6. The molecule has 2 aliphatic carbocycles. The molecule has 0 heterocycles. The Morgan fingerprint density at radius 2 is 1.72 bits per heavy atom. The summed E-state index contributed by atoms with van der Waals surface area (Å²) in [6.07, 6.45) is 8.85. The lowest BCUT2D eigenvalue weighted by Gasteiger charge is -2.45. The number of oxime groups is 1. The lowest BCUT2D eigenvalue weighted by molar-refractivity contribution is -0.113. The smallest absolute Gasteiger partial charge is 0.194 e. The summed E-state index contributed by atoms with van der Waals surface area (Å²) in [6, 6.07) is 8.06. The van der Waals surface area contributed by atoms with Gasteiger partial charge in [-0.15, -0.1) is 0 Å². The molecule has 1 aromatic rings. The van der Waals surface area contributed by atoms with Crippen LogP contribution in [-0.4, -0.2) is 25.4 Å². The van der Waals surface area contributed by atoms with Crippen LogP contribution in [0.5, 0.6) is 0 Å². The van der Waals surface area contributed by atoms with Crippen molar-refractivity contribution in [2.24, 2.45) is 5.16 Å². The average molecular weight is 454 g/mol. The van der Waals surface area contributed by atoms with E-state index in [1.165, 1.54) is 19.3 Å². The van der Waals surface area contributed by atoms with Crippen molar-refractivity contribution in [3.05, 3.63) is 35.4 Å². The second-order valence-corrected chi connectivity index (χ2v) is 15.5. The van der Waals surface area contributed by atoms with Crippen LogP contribution in [-0.2, 0) is 20.7 Å². The Morgan fingerprint density at radius 1 is 1.03 bits per heavy atom. The van der Waals surface area contributed by atoms with E-state index in [1.54, 1.807) is 0 Å². The maximum absolute atomic E-state index is 12.0. The van der Waals surface area contributed by atoms with E-state index in [0.717, 1.165) is 36.8 Å². The first-order chi connectivity index (χ1) is 15.1. The van der Waals surface area contributed by atoms with Crippen molar-refractivity contribution in [3.63, 3.8) is 0 Å². The molecule has 5 heteroatoms. The topological polar surface area (TPSA) is 47.9 Å². The summed E-state index contributed by atoms with van der Waals surface area (Å²) in [6.45, 7) is 11.8. The molecule has 2 saturated carbocycles. The first-order valence-corrected chi connectivity index (χ1v) is 15.1. The minimum Gasteiger partial charge on any atom is -0.401 e. The van der Waals surface area contributed by atoms with Crippen LogP contribution in [0.3, 0.4) is 0 Å². The molecule has 0 aliphatic heterocycles. The lowest BCUT2D eigenvalue weighted by atomic mass is 9.85. The molecule has 0 spiro atoms. The fourth-order valence-electron chi connectivity index (χ4n) is 4.10. The largest absolute Gasteiger partial charge is 0.401 e. The quantitative estimate of drug-likeness (QED) is 0.280. The van der Waals surface area contributed by atoms with Gasteiger partial charge in [0.25, 0.3) is 0 Å². The maximum Gasteiger partial charge on any atom is 0.194 e. The molecular weight excluding hydrogens is 414 g/mol. The van der Waals surface area contributed by atoms with E-state index in [9.17, 15) is 4.79 Å². The molecule has 174 valence electrons. The van der Waals surface area contributed by atoms with Gasteiger partial charge < -0.3 is 9.26 Å². The molecule has 3 rings (SSSR count). The third-order valence-electron chi connectivity index (χ3n) is 7.14. The highest BCUT2D eigenvalue weighted by molar-refractivity contribution is 6.74. The zero-order valence-electron chi connectivity index (χ0n) is 20.6. The lowest BCUT2D eigenvalue weighted by Crippen LogP contribution is -2.50. The second kappa shape index (κ2) is 10.4. The van der Waals surface area contributed by atoms with Crippen LogP contribution >= 0.6 is 0 Å². The molecular formula is C27H39NO3Si. The molecule has 0 bridgehead atoms. The van der Waals surface area contributed by atoms with Gasteiger partial charge in [-0.3, -0.25) is 4.79 Å². The van der Waals surface area contributed by atoms with Crippen LogP contribution in [0.4, 0.5) is 0 Å². The molecule has 2 fully saturated rings. The van der Waals surface area contributed by atoms with Gasteiger partial charge in [-0.05, 0) is 69.1 Å². The molecule has 32 heavy (non-hydrogen) atoms. The van der Waals surface area contributed by atoms with E-state index < -0.39 is 8.32 Å². The number of ketones is 1. The molecule has 0 radical (unpaired) electrons. The number of hydrogen-bond donors (Lipinski definition) is 0. The van der Waals surface area contributed by atoms with Crippen LogP contribution in [0.2, 0.25) is 18.1 Å². The molecule has 0 aromatic heterocycles. The van der Waals surface area contributed by atoms with E-state index in [2.05, 4.69) is 50.9 Å². The Kier molecular flexibility index (Phi) is 8.00. The first-order valence-electron chi connectivity index (χ1n) is 12.2. The fourth-order valence-corrected chi connectivity index (χ4v) is 5.64. The number of hydrogen-bond acceptors (Lipinski definition) is 4. The van der Waals surface area contributed by atoms with Crippen molar-refractivity contribution >= 4 is 19.8 Å². The van der Waals surface area contributed by atoms with Gasteiger partial charge in [-0.2, -0.15) is 0 Å². The second-order valence-electron chi connectivity index (χ2n) is 10.8. The highest BCUT2D eigenvalue weighted by Gasteiger charge is 2.44. The van der Waals surface area contributed by atoms with Gasteiger partial charge in [0.15, 0.2) is 14.1 Å². The summed E-state index contributed by atoms with van der Waals surface area (Å²) in [7, 11) is -1.94. The van der Waals surface area contributed by atoms with Gasteiger partial charge in [0, 0.05) is 17.5 Å². The molecule has 0 N–H and O–H groups in total. The molecule has 0 amide bonds. The Balaban J connectivity index is 1.79. The highest BCUT2D eigenvalue weighted by Crippen LogP contribution is 2.43. The average Bonchev–Trinajstić information content (AvgIpc) is 2.74. The molecule has 2 aliphatic rings. The van der Waals surface area contributed by atoms with Gasteiger partial charge in [-0.1, -0.05) is 62.4 Å². The van der Waals surface area contributed by atoms with Crippen molar-refractivity contribution < 1.29 is 14.1 Å². The van der Waals surface area contributed by atoms with Gasteiger partial charge in [-0.25, -0.2) is 0 Å². The van der Waals surface area contributed by atoms with Crippen LogP contribution in [0.1, 0.15) is 89.7 Å². The van der Waals surface area contributed by atoms with Gasteiger partial charge >= 0.3 is 0 Å². The summed E-state index contributed by atoms with van der Waals surface area (Å²) in [5, 5.41) is 4.29. The highest BCUT2D eigenvalue weighted by atomic mass is 28.4. The Hall–Kier alpha value is -1.90. The summed E-state index contributed by atoms with van der Waals surface area (Å²) in [5.41, 5.74) is 2.16. The SMILES string of the molecule is CC(C)(C)[Si](C)(C)OC1(C#Cc2ccccc2CO/N=C2\CCCCC2=O)CCCCC1. The molecule has 0 unspecified atom stereocenters. The van der Waals surface area contributed by atoms with Gasteiger partial charge in [0.05, 0.1) is 0 Å². The minimum absolute atomic E-state index is 0.117. The van der Waals surface area contributed by atoms with Crippen LogP contribution in [0.15, 0.2) is 29.4 Å². The minimum atomic E-state index is -1.94. The van der Waals surface area contributed by atoms with Crippen molar-refractivity contribution in [2.75, 3.05) is 0 Å². The molecule has 1 aromatic carbocycles. The zero-order chi connectivity index (χ0) is 23.2. The first kappa shape index (κ1) is 24.7. The molecule has 0 saturated heterocycles.